The van der Waals surface area contributed by atoms with E-state index in [0.717, 1.165) is 0 Å². The fourth-order valence-electron chi connectivity index (χ4n) is 12.3. The minimum absolute atomic E-state index is 0.00269. The van der Waals surface area contributed by atoms with Gasteiger partial charge in [0.15, 0.2) is 0 Å². The summed E-state index contributed by atoms with van der Waals surface area (Å²) in [6.45, 7) is 20.2. The molecule has 1 aliphatic heterocycles. The Balaban J connectivity index is 2.50. The number of nitrogens with zero attached hydrogens (tertiary/aromatic N) is 1. The van der Waals surface area contributed by atoms with Gasteiger partial charge < -0.3 is 101 Å². The molecule has 2 unspecified atom stereocenters. The van der Waals surface area contributed by atoms with Gasteiger partial charge in [-0.3, -0.25) is 71.9 Å². The number of aliphatic hydroxyl groups is 1. The highest BCUT2D eigenvalue weighted by molar-refractivity contribution is 7.98. The van der Waals surface area contributed by atoms with Crippen molar-refractivity contribution < 1.29 is 92.0 Å². The molecular formula is C75H126N16O19S. The first-order valence-corrected chi connectivity index (χ1v) is 40.0. The number of amides is 14. The molecule has 35 nitrogen and oxygen atoms in total. The number of carboxylic acids is 2. The number of hydrogen-bond acceptors (Lipinski definition) is 20. The van der Waals surface area contributed by atoms with Gasteiger partial charge in [-0.15, -0.1) is 0 Å². The molecule has 1 fully saturated rings. The van der Waals surface area contributed by atoms with Gasteiger partial charge in [-0.25, -0.2) is 4.79 Å². The maximum Gasteiger partial charge on any atom is 0.326 e. The van der Waals surface area contributed by atoms with Crippen LogP contribution >= 0.6 is 11.8 Å². The maximum atomic E-state index is 15.2. The number of primary amides is 1. The topological polar surface area (TPSA) is 559 Å². The first-order valence-electron chi connectivity index (χ1n) is 38.6. The number of aliphatic carboxylic acids is 2. The number of carbonyl (C=O) groups is 16. The summed E-state index contributed by atoms with van der Waals surface area (Å²) in [5.41, 5.74) is 17.6. The van der Waals surface area contributed by atoms with Gasteiger partial charge in [-0.1, -0.05) is 126 Å². The van der Waals surface area contributed by atoms with Crippen LogP contribution in [0.4, 0.5) is 0 Å². The normalized spacial score (nSPS) is 16.8. The summed E-state index contributed by atoms with van der Waals surface area (Å²) in [6.07, 6.45) is 2.21. The van der Waals surface area contributed by atoms with E-state index in [-0.39, 0.29) is 95.1 Å². The van der Waals surface area contributed by atoms with Crippen molar-refractivity contribution in [1.29, 1.82) is 0 Å². The summed E-state index contributed by atoms with van der Waals surface area (Å²) in [5.74, 6) is -15.8. The number of carboxylic acid groups (broad SMARTS) is 2. The number of hydrogen-bond donors (Lipinski definition) is 18. The van der Waals surface area contributed by atoms with Gasteiger partial charge >= 0.3 is 11.9 Å². The molecule has 0 aromatic heterocycles. The second-order valence-corrected chi connectivity index (χ2v) is 30.7. The molecule has 1 saturated heterocycles. The second kappa shape index (κ2) is 50.8. The van der Waals surface area contributed by atoms with Gasteiger partial charge in [0, 0.05) is 19.4 Å². The average Bonchev–Trinajstić information content (AvgIpc) is 1.74. The van der Waals surface area contributed by atoms with E-state index in [4.69, 9.17) is 17.2 Å². The van der Waals surface area contributed by atoms with E-state index in [1.54, 1.807) is 113 Å². The van der Waals surface area contributed by atoms with Crippen molar-refractivity contribution in [1.82, 2.24) is 68.7 Å². The molecule has 1 aromatic carbocycles. The molecule has 1 heterocycles. The summed E-state index contributed by atoms with van der Waals surface area (Å²) in [5, 5.41) is 60.4. The Hall–Kier alpha value is -9.03. The Kier molecular flexibility index (Phi) is 44.9. The van der Waals surface area contributed by atoms with Gasteiger partial charge in [0.1, 0.15) is 78.5 Å². The van der Waals surface area contributed by atoms with Crippen LogP contribution in [0.15, 0.2) is 30.3 Å². The van der Waals surface area contributed by atoms with Crippen molar-refractivity contribution in [2.24, 2.45) is 46.8 Å². The quantitative estimate of drug-likeness (QED) is 0.0352. The highest BCUT2D eigenvalue weighted by atomic mass is 32.2. The molecule has 0 aliphatic carbocycles. The van der Waals surface area contributed by atoms with E-state index in [9.17, 15) is 87.2 Å². The number of unbranched alkanes of at least 4 members (excludes halogenated alkanes) is 1. The summed E-state index contributed by atoms with van der Waals surface area (Å²) in [6, 6.07) is -10.3. The van der Waals surface area contributed by atoms with Crippen molar-refractivity contribution in [3.05, 3.63) is 35.9 Å². The van der Waals surface area contributed by atoms with E-state index < -0.39 is 211 Å². The SMILES string of the molecule is CCC(NC(=O)[C@H](CO)NC(=O)[C@@H](NC(=O)[C@@H](NC(=O)[C@H](CC(C)C)NC(=O)C(CC)NC(=O)[C@H](CC(C)C)NC(=O)[C@@H]1CCCN1C(=O)[C@H](Cc1ccccc1)NC(=O)[C@H](CC(C)C)NC(=O)[C@H](CCC(N)=O)NC(=O)[C@H](CCSC)NC(=O)[C@H](CCCCN)NC(=O)[C@@H](N)CC(=O)O)[C@@H](C)CC)[C@@H](C)CC)C(=O)O. The van der Waals surface area contributed by atoms with Crippen LogP contribution in [-0.2, 0) is 83.1 Å². The summed E-state index contributed by atoms with van der Waals surface area (Å²) in [4.78, 5) is 221. The minimum Gasteiger partial charge on any atom is -0.481 e. The number of nitrogens with two attached hydrogens (primary N) is 3. The molecule has 21 N–H and O–H groups in total. The average molecular weight is 1590 g/mol. The lowest BCUT2D eigenvalue weighted by atomic mass is 9.94. The Morgan fingerprint density at radius 1 is 0.486 bits per heavy atom. The van der Waals surface area contributed by atoms with Crippen LogP contribution < -0.4 is 81.0 Å². The number of likely N-dealkylation sites (tertiary alicyclic amines) is 1. The zero-order valence-electron chi connectivity index (χ0n) is 66.7. The molecule has 0 saturated carbocycles. The van der Waals surface area contributed by atoms with Crippen molar-refractivity contribution in [3.63, 3.8) is 0 Å². The van der Waals surface area contributed by atoms with Gasteiger partial charge in [-0.2, -0.15) is 11.8 Å². The van der Waals surface area contributed by atoms with Crippen LogP contribution in [0.3, 0.4) is 0 Å². The molecule has 0 radical (unpaired) electrons. The van der Waals surface area contributed by atoms with Gasteiger partial charge in [0.05, 0.1) is 19.1 Å². The third kappa shape index (κ3) is 34.6. The molecule has 14 amide bonds. The van der Waals surface area contributed by atoms with E-state index in [1.165, 1.54) is 23.6 Å². The molecule has 36 heteroatoms. The van der Waals surface area contributed by atoms with Crippen LogP contribution in [-0.4, -0.2) is 231 Å². The number of benzene rings is 1. The van der Waals surface area contributed by atoms with Crippen LogP contribution in [0.5, 0.6) is 0 Å². The summed E-state index contributed by atoms with van der Waals surface area (Å²) >= 11 is 1.33. The van der Waals surface area contributed by atoms with Crippen LogP contribution in [0.2, 0.25) is 0 Å². The Bertz CT molecular complexity index is 3260. The van der Waals surface area contributed by atoms with Crippen molar-refractivity contribution in [2.75, 3.05) is 31.7 Å². The highest BCUT2D eigenvalue weighted by Gasteiger charge is 2.42. The number of thioether (sulfide) groups is 1. The lowest BCUT2D eigenvalue weighted by Crippen LogP contribution is -2.62. The van der Waals surface area contributed by atoms with E-state index in [2.05, 4.69) is 63.8 Å². The first-order chi connectivity index (χ1) is 52.3. The van der Waals surface area contributed by atoms with E-state index >= 15 is 4.79 Å². The zero-order chi connectivity index (χ0) is 83.9. The van der Waals surface area contributed by atoms with Crippen molar-refractivity contribution in [3.8, 4) is 0 Å². The smallest absolute Gasteiger partial charge is 0.326 e. The molecule has 111 heavy (non-hydrogen) atoms. The Labute approximate surface area is 655 Å². The lowest BCUT2D eigenvalue weighted by molar-refractivity contribution is -0.143. The van der Waals surface area contributed by atoms with E-state index in [0.29, 0.717) is 43.4 Å². The molecule has 626 valence electrons. The Morgan fingerprint density at radius 3 is 1.35 bits per heavy atom. The van der Waals surface area contributed by atoms with Crippen LogP contribution in [0.25, 0.3) is 0 Å². The molecule has 1 aliphatic rings. The minimum atomic E-state index is -1.58. The maximum absolute atomic E-state index is 15.2. The second-order valence-electron chi connectivity index (χ2n) is 29.7. The largest absolute Gasteiger partial charge is 0.481 e. The summed E-state index contributed by atoms with van der Waals surface area (Å²) in [7, 11) is 0. The molecule has 2 rings (SSSR count). The van der Waals surface area contributed by atoms with Crippen LogP contribution in [0.1, 0.15) is 191 Å². The third-order valence-corrected chi connectivity index (χ3v) is 19.7. The van der Waals surface area contributed by atoms with Gasteiger partial charge in [-0.05, 0) is 131 Å². The Morgan fingerprint density at radius 2 is 0.892 bits per heavy atom. The van der Waals surface area contributed by atoms with Crippen LogP contribution in [0, 0.1) is 29.6 Å². The molecular weight excluding hydrogens is 1460 g/mol. The van der Waals surface area contributed by atoms with Gasteiger partial charge in [0.25, 0.3) is 0 Å². The lowest BCUT2D eigenvalue weighted by Gasteiger charge is -2.32. The molecule has 1 aromatic rings. The summed E-state index contributed by atoms with van der Waals surface area (Å²) < 4.78 is 0. The predicted molar refractivity (Wildman–Crippen MR) is 415 cm³/mol. The number of nitrogens with one attached hydrogen (secondary N) is 12. The van der Waals surface area contributed by atoms with E-state index in [1.807, 2.05) is 0 Å². The number of rotatable bonds is 53. The van der Waals surface area contributed by atoms with Crippen molar-refractivity contribution >= 4 is 106 Å². The fraction of sp³-hybridized carbons (Fsp3) is 0.707. The predicted octanol–water partition coefficient (Wildman–Crippen LogP) is -0.885. The fourth-order valence-corrected chi connectivity index (χ4v) is 12.7. The van der Waals surface area contributed by atoms with Gasteiger partial charge in [0.2, 0.25) is 82.7 Å². The number of carbonyl (C=O) groups excluding carboxylic acids is 14. The molecule has 0 bridgehead atoms. The molecule has 0 spiro atoms. The number of aliphatic hydroxyl groups excluding tert-OH is 1. The first kappa shape index (κ1) is 98.0. The zero-order valence-corrected chi connectivity index (χ0v) is 67.5. The molecule has 16 atom stereocenters. The monoisotopic (exact) mass is 1590 g/mol. The third-order valence-electron chi connectivity index (χ3n) is 19.1. The highest BCUT2D eigenvalue weighted by Crippen LogP contribution is 2.23. The standard InChI is InChI=1S/C75H126N16O19S/c1-14-43(11)60(72(106)88-56(39-92)70(104)80-48(17-4)75(109)110)90-73(107)61(44(12)15-2)89-69(103)54(36-42(9)10)84-63(97)47(16-3)79-67(101)53(35-41(7)8)86-71(105)57-27-23-32-91(57)74(108)55(37-45-24-19-18-20-25-45)87-68(102)52(34-40(5)6)85-65(99)50(28-29-58(78)93)82-66(100)51(30-33-111-13)83-64(98)49(26-21-22-31-76)81-62(96)46(77)38-59(94)95/h18-20,24-25,40-44,46-57,60-61,92H,14-17,21-23,26-39,76-77H2,1-13H3,(H2,78,93)(H,79,101)(H,80,104)(H,81,96)(H,82,100)(H,83,98)(H,84,97)(H,85,99)(H,86,105)(H,87,102)(H,88,106)(H,89,103)(H,90,107)(H,94,95)(H,109,110)/t43-,44-,46-,47?,48?,49-,50-,51-,52-,53-,54-,55-,56-,57-,60-,61-/m0/s1. The van der Waals surface area contributed by atoms with Crippen molar-refractivity contribution in [2.45, 2.75) is 277 Å².